The third-order valence-corrected chi connectivity index (χ3v) is 10.2. The molecule has 2 aromatic carbocycles. The molecular formula is C41H51F3N6O4. The molecule has 2 aromatic heterocycles. The zero-order chi connectivity index (χ0) is 39.4. The number of anilines is 2. The van der Waals surface area contributed by atoms with Crippen LogP contribution in [0.1, 0.15) is 65.1 Å². The summed E-state index contributed by atoms with van der Waals surface area (Å²) in [6.45, 7) is 15.2. The maximum atomic E-state index is 17.7. The normalized spacial score (nSPS) is 17.4. The number of methoxy groups -OCH3 is 1. The number of hydrogen-bond donors (Lipinski definition) is 0. The van der Waals surface area contributed by atoms with E-state index in [-0.39, 0.29) is 53.3 Å². The molecule has 0 bridgehead atoms. The first-order chi connectivity index (χ1) is 25.4. The van der Waals surface area contributed by atoms with Gasteiger partial charge in [0, 0.05) is 43.8 Å². The summed E-state index contributed by atoms with van der Waals surface area (Å²) < 4.78 is 62.7. The van der Waals surface area contributed by atoms with E-state index in [1.807, 2.05) is 72.4 Å². The maximum absolute atomic E-state index is 17.7. The third kappa shape index (κ3) is 6.98. The number of carbonyl (C=O) groups is 1. The van der Waals surface area contributed by atoms with E-state index >= 15 is 18.0 Å². The molecule has 2 atom stereocenters. The van der Waals surface area contributed by atoms with Crippen LogP contribution >= 0.6 is 0 Å². The van der Waals surface area contributed by atoms with Crippen LogP contribution in [0.2, 0.25) is 0 Å². The minimum Gasteiger partial charge on any atom is -0.496 e. The standard InChI is InChI=1S/C41H51F3N6O4/c1-23(2)34-35(24(3)15-16-45-34)50-36-27(19-29(43)32(33(36)44)31-28(42)13-11-14-30(31)53-10)37-38(39(50)51)47(18-12-17-46(8)9)21-26-22-48(25(4)20-49(26)37)40(52)54-41(5,6)7/h11,13-16,19,23,25-26H,12,17-18,20-22H2,1-10H3/t25-,26+/m1/s1. The first-order valence-electron chi connectivity index (χ1n) is 18.5. The third-order valence-electron chi connectivity index (χ3n) is 10.2. The van der Waals surface area contributed by atoms with Crippen LogP contribution < -0.4 is 20.1 Å². The fraction of sp³-hybridized carbons (Fsp3) is 0.488. The minimum atomic E-state index is -1.10. The van der Waals surface area contributed by atoms with Crippen LogP contribution in [-0.2, 0) is 4.74 Å². The number of rotatable bonds is 8. The van der Waals surface area contributed by atoms with Crippen molar-refractivity contribution in [1.29, 1.82) is 0 Å². The summed E-state index contributed by atoms with van der Waals surface area (Å²) in [7, 11) is 5.25. The van der Waals surface area contributed by atoms with E-state index in [2.05, 4.69) is 9.88 Å². The Labute approximate surface area is 315 Å². The number of carbonyl (C=O) groups excluding carboxylic acids is 1. The Morgan fingerprint density at radius 3 is 2.39 bits per heavy atom. The molecule has 13 heteroatoms. The Kier molecular flexibility index (Phi) is 10.7. The highest BCUT2D eigenvalue weighted by Crippen LogP contribution is 2.46. The van der Waals surface area contributed by atoms with E-state index in [1.54, 1.807) is 17.2 Å². The number of hydrogen-bond acceptors (Lipinski definition) is 8. The van der Waals surface area contributed by atoms with Crippen LogP contribution in [0.4, 0.5) is 29.3 Å². The predicted octanol–water partition coefficient (Wildman–Crippen LogP) is 7.50. The van der Waals surface area contributed by atoms with Crippen LogP contribution in [0.5, 0.6) is 5.75 Å². The molecule has 0 spiro atoms. The number of benzene rings is 2. The van der Waals surface area contributed by atoms with Gasteiger partial charge in [-0.25, -0.2) is 18.0 Å². The molecule has 290 valence electrons. The molecule has 0 radical (unpaired) electrons. The van der Waals surface area contributed by atoms with Crippen molar-refractivity contribution >= 4 is 28.4 Å². The fourth-order valence-electron chi connectivity index (χ4n) is 7.83. The van der Waals surface area contributed by atoms with Gasteiger partial charge in [0.2, 0.25) is 0 Å². The lowest BCUT2D eigenvalue weighted by Gasteiger charge is -2.52. The Bertz CT molecular complexity index is 2150. The van der Waals surface area contributed by atoms with Gasteiger partial charge in [0.15, 0.2) is 5.82 Å². The van der Waals surface area contributed by atoms with E-state index < -0.39 is 40.3 Å². The average molecular weight is 749 g/mol. The van der Waals surface area contributed by atoms with Crippen molar-refractivity contribution in [3.05, 3.63) is 75.6 Å². The molecule has 0 aliphatic carbocycles. The summed E-state index contributed by atoms with van der Waals surface area (Å²) in [5, 5.41) is 0.150. The number of piperazine rings is 1. The van der Waals surface area contributed by atoms with Gasteiger partial charge in [0.25, 0.3) is 5.56 Å². The Hall–Kier alpha value is -4.78. The Balaban J connectivity index is 1.72. The smallest absolute Gasteiger partial charge is 0.410 e. The summed E-state index contributed by atoms with van der Waals surface area (Å²) in [6, 6.07) is 6.20. The molecule has 0 N–H and O–H groups in total. The quantitative estimate of drug-likeness (QED) is 0.183. The molecular weight excluding hydrogens is 697 g/mol. The molecule has 2 aliphatic heterocycles. The molecule has 10 nitrogen and oxygen atoms in total. The number of pyridine rings is 2. The largest absolute Gasteiger partial charge is 0.496 e. The number of aromatic nitrogens is 2. The predicted molar refractivity (Wildman–Crippen MR) is 207 cm³/mol. The fourth-order valence-corrected chi connectivity index (χ4v) is 7.83. The molecule has 0 unspecified atom stereocenters. The average Bonchev–Trinajstić information content (AvgIpc) is 3.08. The van der Waals surface area contributed by atoms with Crippen LogP contribution in [-0.4, -0.2) is 97.1 Å². The van der Waals surface area contributed by atoms with E-state index in [1.165, 1.54) is 29.9 Å². The summed E-state index contributed by atoms with van der Waals surface area (Å²) in [5.74, 6) is -3.22. The van der Waals surface area contributed by atoms with Crippen molar-refractivity contribution in [1.82, 2.24) is 19.4 Å². The lowest BCUT2D eigenvalue weighted by molar-refractivity contribution is 0.0125. The van der Waals surface area contributed by atoms with Gasteiger partial charge < -0.3 is 29.1 Å². The second-order valence-electron chi connectivity index (χ2n) is 16.0. The molecule has 54 heavy (non-hydrogen) atoms. The zero-order valence-corrected chi connectivity index (χ0v) is 32.9. The van der Waals surface area contributed by atoms with Crippen molar-refractivity contribution in [2.45, 2.75) is 78.5 Å². The van der Waals surface area contributed by atoms with E-state index in [9.17, 15) is 4.79 Å². The molecule has 1 saturated heterocycles. The highest BCUT2D eigenvalue weighted by molar-refractivity contribution is 6.03. The van der Waals surface area contributed by atoms with Crippen molar-refractivity contribution in [3.8, 4) is 22.6 Å². The van der Waals surface area contributed by atoms with Crippen LogP contribution in [0.25, 0.3) is 27.7 Å². The Morgan fingerprint density at radius 2 is 1.74 bits per heavy atom. The number of nitrogens with zero attached hydrogens (tertiary/aromatic N) is 6. The summed E-state index contributed by atoms with van der Waals surface area (Å²) >= 11 is 0. The summed E-state index contributed by atoms with van der Waals surface area (Å²) in [4.78, 5) is 41.3. The summed E-state index contributed by atoms with van der Waals surface area (Å²) in [5.41, 5.74) is -0.144. The van der Waals surface area contributed by atoms with Crippen molar-refractivity contribution in [3.63, 3.8) is 0 Å². The van der Waals surface area contributed by atoms with Gasteiger partial charge in [-0.15, -0.1) is 0 Å². The molecule has 4 aromatic rings. The minimum absolute atomic E-state index is 0.0568. The first-order valence-corrected chi connectivity index (χ1v) is 18.5. The van der Waals surface area contributed by atoms with Crippen molar-refractivity contribution in [2.24, 2.45) is 0 Å². The van der Waals surface area contributed by atoms with Crippen LogP contribution in [0.15, 0.2) is 41.3 Å². The van der Waals surface area contributed by atoms with Crippen molar-refractivity contribution < 1.29 is 27.4 Å². The second kappa shape index (κ2) is 14.8. The maximum Gasteiger partial charge on any atom is 0.410 e. The highest BCUT2D eigenvalue weighted by Gasteiger charge is 2.44. The Morgan fingerprint density at radius 1 is 1.02 bits per heavy atom. The van der Waals surface area contributed by atoms with Crippen molar-refractivity contribution in [2.75, 3.05) is 63.7 Å². The van der Waals surface area contributed by atoms with Gasteiger partial charge in [-0.2, -0.15) is 0 Å². The summed E-state index contributed by atoms with van der Waals surface area (Å²) in [6.07, 6.45) is 1.89. The monoisotopic (exact) mass is 748 g/mol. The number of aryl methyl sites for hydroxylation is 1. The second-order valence-corrected chi connectivity index (χ2v) is 16.0. The number of fused-ring (bicyclic) bond motifs is 5. The molecule has 4 heterocycles. The molecule has 6 rings (SSSR count). The van der Waals surface area contributed by atoms with Gasteiger partial charge in [0.1, 0.15) is 28.7 Å². The van der Waals surface area contributed by atoms with Crippen LogP contribution in [0.3, 0.4) is 0 Å². The SMILES string of the molecule is COc1cccc(F)c1-c1c(F)cc2c3c(c(=O)n(-c4c(C)ccnc4C(C)C)c2c1F)N(CCCN(C)C)C[C@H]1CN(C(=O)OC(C)(C)C)[C@H](C)CN31. The molecule has 0 saturated carbocycles. The lowest BCUT2D eigenvalue weighted by Crippen LogP contribution is -2.65. The number of ether oxygens (including phenoxy) is 2. The number of amides is 1. The van der Waals surface area contributed by atoms with E-state index in [0.717, 1.165) is 12.6 Å². The zero-order valence-electron chi connectivity index (χ0n) is 32.9. The van der Waals surface area contributed by atoms with Gasteiger partial charge in [0.05, 0.1) is 46.9 Å². The van der Waals surface area contributed by atoms with Gasteiger partial charge in [-0.1, -0.05) is 19.9 Å². The molecule has 2 aliphatic rings. The first kappa shape index (κ1) is 38.9. The lowest BCUT2D eigenvalue weighted by atomic mass is 9.95. The van der Waals surface area contributed by atoms with E-state index in [0.29, 0.717) is 47.8 Å². The molecule has 1 fully saturated rings. The van der Waals surface area contributed by atoms with Gasteiger partial charge >= 0.3 is 6.09 Å². The van der Waals surface area contributed by atoms with Gasteiger partial charge in [-0.3, -0.25) is 14.3 Å². The number of halogens is 3. The molecule has 1 amide bonds. The highest BCUT2D eigenvalue weighted by atomic mass is 19.1. The van der Waals surface area contributed by atoms with Gasteiger partial charge in [-0.05, 0) is 97.4 Å². The van der Waals surface area contributed by atoms with Crippen LogP contribution in [0, 0.1) is 24.4 Å². The van der Waals surface area contributed by atoms with E-state index in [4.69, 9.17) is 9.47 Å². The topological polar surface area (TPSA) is 83.4 Å².